The highest BCUT2D eigenvalue weighted by molar-refractivity contribution is 7.16. The summed E-state index contributed by atoms with van der Waals surface area (Å²) in [5.41, 5.74) is 0. The average molecular weight is 277 g/mol. The highest BCUT2D eigenvalue weighted by Gasteiger charge is 2.30. The Morgan fingerprint density at radius 2 is 2.16 bits per heavy atom. The van der Waals surface area contributed by atoms with Crippen LogP contribution in [0.1, 0.15) is 55.3 Å². The molecule has 1 saturated carbocycles. The molecular weight excluding hydrogens is 258 g/mol. The van der Waals surface area contributed by atoms with E-state index in [-0.39, 0.29) is 0 Å². The molecule has 102 valence electrons. The topological polar surface area (TPSA) is 55.1 Å². The minimum Gasteiger partial charge on any atom is -0.314 e. The number of rotatable bonds is 4. The lowest BCUT2D eigenvalue weighted by atomic mass is 10.0. The predicted octanol–water partition coefficient (Wildman–Crippen LogP) is 2.14. The van der Waals surface area contributed by atoms with E-state index in [2.05, 4.69) is 15.5 Å². The van der Waals surface area contributed by atoms with Gasteiger partial charge in [-0.05, 0) is 38.6 Å². The van der Waals surface area contributed by atoms with Crippen molar-refractivity contribution in [2.24, 2.45) is 0 Å². The van der Waals surface area contributed by atoms with Gasteiger partial charge < -0.3 is 5.32 Å². The first-order valence-corrected chi connectivity index (χ1v) is 8.16. The van der Waals surface area contributed by atoms with Crippen molar-refractivity contribution in [2.45, 2.75) is 56.9 Å². The number of nitrogens with zero attached hydrogens (tertiary/aromatic N) is 4. The largest absolute Gasteiger partial charge is 0.314 e. The number of nitrogens with one attached hydrogen (secondary N) is 1. The van der Waals surface area contributed by atoms with Crippen LogP contribution in [0.5, 0.6) is 0 Å². The molecule has 0 aromatic carbocycles. The molecule has 2 aromatic heterocycles. The van der Waals surface area contributed by atoms with Gasteiger partial charge in [-0.15, -0.1) is 10.2 Å². The molecule has 1 unspecified atom stereocenters. The van der Waals surface area contributed by atoms with Crippen molar-refractivity contribution in [1.82, 2.24) is 25.1 Å². The molecule has 1 atom stereocenters. The molecule has 1 saturated heterocycles. The molecule has 2 aliphatic rings. The third-order valence-corrected chi connectivity index (χ3v) is 5.08. The van der Waals surface area contributed by atoms with E-state index in [9.17, 15) is 0 Å². The number of hydrogen-bond donors (Lipinski definition) is 1. The number of hydrogen-bond acceptors (Lipinski definition) is 5. The van der Waals surface area contributed by atoms with E-state index in [4.69, 9.17) is 5.10 Å². The Bertz CT molecular complexity index is 565. The third-order valence-electron chi connectivity index (χ3n) is 4.12. The highest BCUT2D eigenvalue weighted by Crippen LogP contribution is 2.39. The second-order valence-electron chi connectivity index (χ2n) is 5.71. The Balaban J connectivity index is 1.45. The number of piperidine rings is 1. The quantitative estimate of drug-likeness (QED) is 0.930. The van der Waals surface area contributed by atoms with E-state index in [1.54, 1.807) is 11.3 Å². The van der Waals surface area contributed by atoms with Crippen molar-refractivity contribution in [3.8, 4) is 0 Å². The molecule has 1 N–H and O–H groups in total. The number of aromatic nitrogens is 4. The van der Waals surface area contributed by atoms with Gasteiger partial charge in [0.25, 0.3) is 0 Å². The second kappa shape index (κ2) is 4.83. The van der Waals surface area contributed by atoms with Crippen LogP contribution < -0.4 is 5.32 Å². The van der Waals surface area contributed by atoms with E-state index in [1.165, 1.54) is 50.1 Å². The number of fused-ring (bicyclic) bond motifs is 1. The predicted molar refractivity (Wildman–Crippen MR) is 74.6 cm³/mol. The summed E-state index contributed by atoms with van der Waals surface area (Å²) < 4.78 is 1.98. The maximum absolute atomic E-state index is 4.70. The fourth-order valence-corrected chi connectivity index (χ4v) is 3.69. The summed E-state index contributed by atoms with van der Waals surface area (Å²) in [4.78, 5) is 0.966. The van der Waals surface area contributed by atoms with Gasteiger partial charge in [0.15, 0.2) is 5.82 Å². The van der Waals surface area contributed by atoms with Crippen LogP contribution >= 0.6 is 11.3 Å². The Morgan fingerprint density at radius 1 is 1.21 bits per heavy atom. The van der Waals surface area contributed by atoms with Crippen molar-refractivity contribution in [3.05, 3.63) is 10.8 Å². The standard InChI is InChI=1S/C13H19N5S/c1-2-8-14-10(3-1)6-7-11-17-18-12(9-4-5-9)15-16-13(18)19-11/h9-10,14H,1-8H2. The normalized spacial score (nSPS) is 24.1. The minimum atomic E-state index is 0.616. The first kappa shape index (κ1) is 11.8. The van der Waals surface area contributed by atoms with E-state index >= 15 is 0 Å². The number of aryl methyl sites for hydroxylation is 1. The van der Waals surface area contributed by atoms with Gasteiger partial charge in [0.1, 0.15) is 5.01 Å². The van der Waals surface area contributed by atoms with Gasteiger partial charge in [-0.25, -0.2) is 0 Å². The van der Waals surface area contributed by atoms with Crippen LogP contribution in [-0.2, 0) is 6.42 Å². The van der Waals surface area contributed by atoms with Gasteiger partial charge in [-0.2, -0.15) is 9.61 Å². The average Bonchev–Trinajstić information content (AvgIpc) is 3.08. The van der Waals surface area contributed by atoms with Crippen LogP contribution in [-0.4, -0.2) is 32.4 Å². The molecule has 0 amide bonds. The summed E-state index contributed by atoms with van der Waals surface area (Å²) in [5.74, 6) is 1.69. The lowest BCUT2D eigenvalue weighted by molar-refractivity contribution is 0.382. The molecule has 0 bridgehead atoms. The zero-order valence-electron chi connectivity index (χ0n) is 11.0. The SMILES string of the molecule is C1CCC(CCc2nn3c(C4CC4)nnc3s2)NC1. The summed E-state index contributed by atoms with van der Waals surface area (Å²) in [7, 11) is 0. The van der Waals surface area contributed by atoms with Crippen molar-refractivity contribution in [3.63, 3.8) is 0 Å². The smallest absolute Gasteiger partial charge is 0.234 e. The van der Waals surface area contributed by atoms with E-state index < -0.39 is 0 Å². The van der Waals surface area contributed by atoms with Crippen molar-refractivity contribution >= 4 is 16.3 Å². The molecule has 0 spiro atoms. The van der Waals surface area contributed by atoms with Crippen LogP contribution in [0.2, 0.25) is 0 Å². The molecule has 4 rings (SSSR count). The molecular formula is C13H19N5S. The van der Waals surface area contributed by atoms with Crippen molar-refractivity contribution in [2.75, 3.05) is 6.54 Å². The monoisotopic (exact) mass is 277 g/mol. The molecule has 2 fully saturated rings. The van der Waals surface area contributed by atoms with Crippen LogP contribution in [0.4, 0.5) is 0 Å². The Hall–Kier alpha value is -1.01. The molecule has 0 radical (unpaired) electrons. The van der Waals surface area contributed by atoms with Gasteiger partial charge in [0.05, 0.1) is 0 Å². The first-order chi connectivity index (χ1) is 9.40. The van der Waals surface area contributed by atoms with Gasteiger partial charge in [-0.1, -0.05) is 17.8 Å². The Kier molecular flexibility index (Phi) is 3.00. The van der Waals surface area contributed by atoms with Gasteiger partial charge in [0, 0.05) is 18.4 Å². The van der Waals surface area contributed by atoms with Gasteiger partial charge >= 0.3 is 0 Å². The fourth-order valence-electron chi connectivity index (χ4n) is 2.84. The Morgan fingerprint density at radius 3 is 2.95 bits per heavy atom. The molecule has 19 heavy (non-hydrogen) atoms. The summed E-state index contributed by atoms with van der Waals surface area (Å²) in [6.45, 7) is 1.18. The van der Waals surface area contributed by atoms with E-state index in [0.29, 0.717) is 12.0 Å². The second-order valence-corrected chi connectivity index (χ2v) is 6.75. The summed E-state index contributed by atoms with van der Waals surface area (Å²) in [6.07, 6.45) is 8.78. The highest BCUT2D eigenvalue weighted by atomic mass is 32.1. The summed E-state index contributed by atoms with van der Waals surface area (Å²) in [6, 6.07) is 0.686. The molecule has 6 heteroatoms. The van der Waals surface area contributed by atoms with Crippen molar-refractivity contribution < 1.29 is 0 Å². The van der Waals surface area contributed by atoms with Crippen LogP contribution in [0.3, 0.4) is 0 Å². The van der Waals surface area contributed by atoms with E-state index in [0.717, 1.165) is 17.2 Å². The maximum Gasteiger partial charge on any atom is 0.234 e. The summed E-state index contributed by atoms with van der Waals surface area (Å²) >= 11 is 1.70. The Labute approximate surface area is 116 Å². The molecule has 5 nitrogen and oxygen atoms in total. The minimum absolute atomic E-state index is 0.616. The lowest BCUT2D eigenvalue weighted by Crippen LogP contribution is -2.34. The summed E-state index contributed by atoms with van der Waals surface area (Å²) in [5, 5.41) is 18.0. The van der Waals surface area contributed by atoms with Gasteiger partial charge in [0.2, 0.25) is 4.96 Å². The molecule has 2 aromatic rings. The first-order valence-electron chi connectivity index (χ1n) is 7.34. The van der Waals surface area contributed by atoms with Crippen LogP contribution in [0, 0.1) is 0 Å². The zero-order chi connectivity index (χ0) is 12.7. The van der Waals surface area contributed by atoms with Crippen LogP contribution in [0.15, 0.2) is 0 Å². The molecule has 3 heterocycles. The molecule has 1 aliphatic carbocycles. The fraction of sp³-hybridized carbons (Fsp3) is 0.769. The third kappa shape index (κ3) is 2.39. The van der Waals surface area contributed by atoms with Gasteiger partial charge in [-0.3, -0.25) is 0 Å². The van der Waals surface area contributed by atoms with Crippen molar-refractivity contribution in [1.29, 1.82) is 0 Å². The van der Waals surface area contributed by atoms with E-state index in [1.807, 2.05) is 4.52 Å². The lowest BCUT2D eigenvalue weighted by Gasteiger charge is -2.22. The zero-order valence-corrected chi connectivity index (χ0v) is 11.8. The van der Waals surface area contributed by atoms with Crippen LogP contribution in [0.25, 0.3) is 4.96 Å². The maximum atomic E-state index is 4.70. The molecule has 1 aliphatic heterocycles.